The van der Waals surface area contributed by atoms with Crippen molar-refractivity contribution in [3.05, 3.63) is 41.5 Å². The van der Waals surface area contributed by atoms with Gasteiger partial charge in [0.25, 0.3) is 0 Å². The fraction of sp³-hybridized carbons (Fsp3) is 0.375. The van der Waals surface area contributed by atoms with Crippen molar-refractivity contribution in [3.8, 4) is 0 Å². The van der Waals surface area contributed by atoms with Crippen molar-refractivity contribution in [1.29, 1.82) is 0 Å². The Morgan fingerprint density at radius 2 is 2.00 bits per heavy atom. The van der Waals surface area contributed by atoms with Gasteiger partial charge in [0.05, 0.1) is 0 Å². The van der Waals surface area contributed by atoms with E-state index >= 15 is 0 Å². The van der Waals surface area contributed by atoms with Crippen LogP contribution in [-0.2, 0) is 6.42 Å². The van der Waals surface area contributed by atoms with Gasteiger partial charge in [0.15, 0.2) is 0 Å². The smallest absolute Gasteiger partial charge is 0.0455 e. The second kappa shape index (κ2) is 3.76. The molecule has 1 aliphatic rings. The number of rotatable bonds is 1. The molecule has 1 aliphatic heterocycles. The SMILES string of the molecule is Cc1ccc2c3c(ccc2c1)CC(C(C)C)N3. The van der Waals surface area contributed by atoms with E-state index in [0.29, 0.717) is 12.0 Å². The lowest BCUT2D eigenvalue weighted by molar-refractivity contribution is 0.538. The second-order valence-corrected chi connectivity index (χ2v) is 5.52. The predicted octanol–water partition coefficient (Wildman–Crippen LogP) is 4.14. The molecule has 0 aliphatic carbocycles. The highest BCUT2D eigenvalue weighted by Gasteiger charge is 2.24. The lowest BCUT2D eigenvalue weighted by atomic mass is 9.99. The van der Waals surface area contributed by atoms with Gasteiger partial charge >= 0.3 is 0 Å². The van der Waals surface area contributed by atoms with E-state index in [9.17, 15) is 0 Å². The first-order valence-corrected chi connectivity index (χ1v) is 6.44. The van der Waals surface area contributed by atoms with Crippen LogP contribution < -0.4 is 5.32 Å². The number of anilines is 1. The van der Waals surface area contributed by atoms with Gasteiger partial charge in [-0.3, -0.25) is 0 Å². The Morgan fingerprint density at radius 1 is 1.18 bits per heavy atom. The van der Waals surface area contributed by atoms with Crippen LogP contribution in [0.3, 0.4) is 0 Å². The van der Waals surface area contributed by atoms with Gasteiger partial charge in [-0.25, -0.2) is 0 Å². The molecule has 2 aromatic rings. The van der Waals surface area contributed by atoms with E-state index in [2.05, 4.69) is 56.4 Å². The largest absolute Gasteiger partial charge is 0.381 e. The lowest BCUT2D eigenvalue weighted by Gasteiger charge is -2.15. The molecule has 0 saturated carbocycles. The van der Waals surface area contributed by atoms with E-state index in [1.807, 2.05) is 0 Å². The Kier molecular flexibility index (Phi) is 2.36. The average Bonchev–Trinajstić information content (AvgIpc) is 2.72. The number of hydrogen-bond donors (Lipinski definition) is 1. The van der Waals surface area contributed by atoms with E-state index < -0.39 is 0 Å². The highest BCUT2D eigenvalue weighted by atomic mass is 15.0. The summed E-state index contributed by atoms with van der Waals surface area (Å²) in [4.78, 5) is 0. The molecule has 0 bridgehead atoms. The second-order valence-electron chi connectivity index (χ2n) is 5.52. The molecule has 1 unspecified atom stereocenters. The van der Waals surface area contributed by atoms with E-state index in [1.165, 1.54) is 27.6 Å². The van der Waals surface area contributed by atoms with Crippen LogP contribution in [-0.4, -0.2) is 6.04 Å². The van der Waals surface area contributed by atoms with Gasteiger partial charge in [-0.1, -0.05) is 49.7 Å². The Balaban J connectivity index is 2.14. The molecule has 1 N–H and O–H groups in total. The van der Waals surface area contributed by atoms with Gasteiger partial charge in [0, 0.05) is 17.1 Å². The first-order chi connectivity index (χ1) is 8.15. The normalized spacial score (nSPS) is 18.5. The van der Waals surface area contributed by atoms with Crippen LogP contribution in [0.15, 0.2) is 30.3 Å². The van der Waals surface area contributed by atoms with Crippen molar-refractivity contribution in [3.63, 3.8) is 0 Å². The Hall–Kier alpha value is -1.50. The van der Waals surface area contributed by atoms with Crippen molar-refractivity contribution in [2.75, 3.05) is 5.32 Å². The molecule has 1 nitrogen and oxygen atoms in total. The zero-order chi connectivity index (χ0) is 12.0. The summed E-state index contributed by atoms with van der Waals surface area (Å²) in [7, 11) is 0. The maximum Gasteiger partial charge on any atom is 0.0455 e. The van der Waals surface area contributed by atoms with Crippen molar-refractivity contribution < 1.29 is 0 Å². The van der Waals surface area contributed by atoms with Crippen LogP contribution in [0.2, 0.25) is 0 Å². The third kappa shape index (κ3) is 1.70. The standard InChI is InChI=1S/C16H19N/c1-10(2)15-9-13-6-5-12-8-11(3)4-7-14(12)16(13)17-15/h4-8,10,15,17H,9H2,1-3H3. The Labute approximate surface area is 103 Å². The van der Waals surface area contributed by atoms with Crippen LogP contribution in [0.4, 0.5) is 5.69 Å². The third-order valence-electron chi connectivity index (χ3n) is 3.84. The minimum Gasteiger partial charge on any atom is -0.381 e. The van der Waals surface area contributed by atoms with Gasteiger partial charge in [0.2, 0.25) is 0 Å². The molecule has 0 radical (unpaired) electrons. The van der Waals surface area contributed by atoms with Crippen molar-refractivity contribution in [2.45, 2.75) is 33.2 Å². The topological polar surface area (TPSA) is 12.0 Å². The van der Waals surface area contributed by atoms with Gasteiger partial charge in [-0.15, -0.1) is 0 Å². The zero-order valence-corrected chi connectivity index (χ0v) is 10.7. The average molecular weight is 225 g/mol. The van der Waals surface area contributed by atoms with Gasteiger partial charge in [-0.05, 0) is 30.2 Å². The minimum absolute atomic E-state index is 0.594. The first-order valence-electron chi connectivity index (χ1n) is 6.44. The summed E-state index contributed by atoms with van der Waals surface area (Å²) in [5.74, 6) is 0.683. The number of aryl methyl sites for hydroxylation is 1. The monoisotopic (exact) mass is 225 g/mol. The van der Waals surface area contributed by atoms with Crippen LogP contribution in [0.1, 0.15) is 25.0 Å². The van der Waals surface area contributed by atoms with Crippen LogP contribution >= 0.6 is 0 Å². The zero-order valence-electron chi connectivity index (χ0n) is 10.7. The molecular weight excluding hydrogens is 206 g/mol. The summed E-state index contributed by atoms with van der Waals surface area (Å²) in [6, 6.07) is 11.8. The van der Waals surface area contributed by atoms with Gasteiger partial charge < -0.3 is 5.32 Å². The molecule has 0 spiro atoms. The van der Waals surface area contributed by atoms with Crippen molar-refractivity contribution in [1.82, 2.24) is 0 Å². The molecule has 1 heteroatoms. The maximum absolute atomic E-state index is 3.70. The molecule has 88 valence electrons. The molecule has 0 fully saturated rings. The first kappa shape index (κ1) is 10.6. The van der Waals surface area contributed by atoms with Gasteiger partial charge in [0.1, 0.15) is 0 Å². The van der Waals surface area contributed by atoms with Crippen LogP contribution in [0.25, 0.3) is 10.8 Å². The molecule has 2 aromatic carbocycles. The number of nitrogens with one attached hydrogen (secondary N) is 1. The minimum atomic E-state index is 0.594. The maximum atomic E-state index is 3.70. The molecule has 0 saturated heterocycles. The summed E-state index contributed by atoms with van der Waals surface area (Å²) < 4.78 is 0. The molecule has 17 heavy (non-hydrogen) atoms. The molecule has 1 atom stereocenters. The number of fused-ring (bicyclic) bond motifs is 3. The predicted molar refractivity (Wildman–Crippen MR) is 74.6 cm³/mol. The number of hydrogen-bond acceptors (Lipinski definition) is 1. The van der Waals surface area contributed by atoms with E-state index in [1.54, 1.807) is 0 Å². The third-order valence-corrected chi connectivity index (χ3v) is 3.84. The van der Waals surface area contributed by atoms with Gasteiger partial charge in [-0.2, -0.15) is 0 Å². The molecule has 3 rings (SSSR count). The summed E-state index contributed by atoms with van der Waals surface area (Å²) in [6.45, 7) is 6.72. The van der Waals surface area contributed by atoms with Crippen molar-refractivity contribution in [2.24, 2.45) is 5.92 Å². The summed E-state index contributed by atoms with van der Waals surface area (Å²) in [5, 5.41) is 6.42. The molecular formula is C16H19N. The van der Waals surface area contributed by atoms with Crippen LogP contribution in [0.5, 0.6) is 0 Å². The summed E-state index contributed by atoms with van der Waals surface area (Å²) in [6.07, 6.45) is 1.16. The fourth-order valence-electron chi connectivity index (χ4n) is 2.71. The lowest BCUT2D eigenvalue weighted by Crippen LogP contribution is -2.21. The highest BCUT2D eigenvalue weighted by molar-refractivity contribution is 5.97. The Morgan fingerprint density at radius 3 is 2.76 bits per heavy atom. The fourth-order valence-corrected chi connectivity index (χ4v) is 2.71. The van der Waals surface area contributed by atoms with E-state index in [4.69, 9.17) is 0 Å². The van der Waals surface area contributed by atoms with Crippen molar-refractivity contribution >= 4 is 16.5 Å². The molecule has 1 heterocycles. The van der Waals surface area contributed by atoms with Crippen LogP contribution in [0, 0.1) is 12.8 Å². The summed E-state index contributed by atoms with van der Waals surface area (Å²) in [5.41, 5.74) is 4.16. The van der Waals surface area contributed by atoms with E-state index in [0.717, 1.165) is 6.42 Å². The summed E-state index contributed by atoms with van der Waals surface area (Å²) >= 11 is 0. The molecule has 0 amide bonds. The molecule has 0 aromatic heterocycles. The Bertz CT molecular complexity index is 569. The number of benzene rings is 2. The highest BCUT2D eigenvalue weighted by Crippen LogP contribution is 2.35. The quantitative estimate of drug-likeness (QED) is 0.769. The van der Waals surface area contributed by atoms with E-state index in [-0.39, 0.29) is 0 Å².